The number of hydrogen-bond donors (Lipinski definition) is 1. The van der Waals surface area contributed by atoms with Gasteiger partial charge in [-0.2, -0.15) is 0 Å². The van der Waals surface area contributed by atoms with E-state index < -0.39 is 11.3 Å². The van der Waals surface area contributed by atoms with Gasteiger partial charge in [-0.3, -0.25) is 4.79 Å². The second-order valence-corrected chi connectivity index (χ2v) is 2.88. The van der Waals surface area contributed by atoms with Gasteiger partial charge < -0.3 is 14.5 Å². The smallest absolute Gasteiger partial charge is 0.149 e. The Morgan fingerprint density at radius 1 is 1.50 bits per heavy atom. The Morgan fingerprint density at radius 3 is 2.43 bits per heavy atom. The average Bonchev–Trinajstić information content (AvgIpc) is 2.01. The molecule has 1 aromatic heterocycles. The maximum absolute atomic E-state index is 11.3. The Morgan fingerprint density at radius 2 is 2.00 bits per heavy atom. The number of aryl methyl sites for hydroxylation is 2. The minimum atomic E-state index is -0.518. The van der Waals surface area contributed by atoms with E-state index in [1.165, 1.54) is 14.0 Å². The average molecular weight is 319 g/mol. The molecule has 0 unspecified atom stereocenters. The van der Waals surface area contributed by atoms with Gasteiger partial charge in [0.15, 0.2) is 0 Å². The molecular weight excluding hydrogens is 309 g/mol. The van der Waals surface area contributed by atoms with Crippen molar-refractivity contribution in [3.63, 3.8) is 0 Å². The van der Waals surface area contributed by atoms with Crippen LogP contribution in [0.2, 0.25) is 0 Å². The van der Waals surface area contributed by atoms with Crippen molar-refractivity contribution in [2.75, 3.05) is 0 Å². The third-order valence-corrected chi connectivity index (χ3v) is 1.80. The van der Waals surface area contributed by atoms with E-state index in [1.54, 1.807) is 6.92 Å². The maximum Gasteiger partial charge on any atom is 0.149 e. The van der Waals surface area contributed by atoms with Crippen LogP contribution in [0.3, 0.4) is 0 Å². The Balaban J connectivity index is 0.00000169. The maximum atomic E-state index is 11.3. The molecule has 0 amide bonds. The molecule has 0 bridgehead atoms. The molecule has 14 heavy (non-hydrogen) atoms. The van der Waals surface area contributed by atoms with E-state index in [0.717, 1.165) is 4.57 Å². The minimum absolute atomic E-state index is 0. The number of pyridine rings is 1. The normalized spacial score (nSPS) is 9.36. The zero-order valence-corrected chi connectivity index (χ0v) is 11.9. The van der Waals surface area contributed by atoms with E-state index in [9.17, 15) is 14.7 Å². The molecule has 0 spiro atoms. The largest absolute Gasteiger partial charge is 0.565 e. The number of carbonyl (C=O) groups excluding carboxylic acids is 1. The number of rotatable bonds is 1. The Hall–Kier alpha value is -0.385. The van der Waals surface area contributed by atoms with Gasteiger partial charge in [0.05, 0.1) is 0 Å². The van der Waals surface area contributed by atoms with Crippen LogP contribution in [0.4, 0.5) is 0 Å². The minimum Gasteiger partial charge on any atom is -0.565 e. The van der Waals surface area contributed by atoms with Crippen LogP contribution >= 0.6 is 0 Å². The summed E-state index contributed by atoms with van der Waals surface area (Å²) >= 11 is 0. The quantitative estimate of drug-likeness (QED) is 0.602. The van der Waals surface area contributed by atoms with Gasteiger partial charge in [-0.15, -0.1) is 5.56 Å². The van der Waals surface area contributed by atoms with Crippen LogP contribution in [0.5, 0.6) is 5.75 Å². The molecule has 1 rings (SSSR count). The summed E-state index contributed by atoms with van der Waals surface area (Å²) < 4.78 is 1.16. The van der Waals surface area contributed by atoms with Crippen molar-refractivity contribution in [1.29, 1.82) is 0 Å². The number of aromatic hydroxyl groups is 1. The van der Waals surface area contributed by atoms with Crippen molar-refractivity contribution >= 4 is 5.78 Å². The fourth-order valence-electron chi connectivity index (χ4n) is 1.13. The van der Waals surface area contributed by atoms with Gasteiger partial charge in [0.1, 0.15) is 11.3 Å². The Bertz CT molecular complexity index is 423. The molecule has 1 N–H and O–H groups in total. The van der Waals surface area contributed by atoms with E-state index >= 15 is 0 Å². The molecule has 4 nitrogen and oxygen atoms in total. The monoisotopic (exact) mass is 319 g/mol. The predicted molar refractivity (Wildman–Crippen MR) is 46.9 cm³/mol. The summed E-state index contributed by atoms with van der Waals surface area (Å²) in [6.45, 7) is 2.83. The molecule has 0 atom stereocenters. The van der Waals surface area contributed by atoms with Crippen LogP contribution in [-0.4, -0.2) is 15.5 Å². The molecule has 1 radical (unpaired) electrons. The molecule has 0 aliphatic rings. The molecule has 0 aromatic carbocycles. The van der Waals surface area contributed by atoms with Gasteiger partial charge in [0, 0.05) is 46.9 Å². The molecule has 0 saturated carbocycles. The van der Waals surface area contributed by atoms with E-state index in [4.69, 9.17) is 0 Å². The molecule has 0 fully saturated rings. The molecule has 73 valence electrons. The summed E-state index contributed by atoms with van der Waals surface area (Å²) in [6, 6.07) is 0. The first-order chi connectivity index (χ1) is 5.95. The van der Waals surface area contributed by atoms with Gasteiger partial charge in [-0.1, -0.05) is 13.1 Å². The number of hydrogen-bond acceptors (Lipinski definition) is 3. The molecule has 0 aliphatic heterocycles. The van der Waals surface area contributed by atoms with Crippen LogP contribution in [0.1, 0.15) is 22.8 Å². The standard InChI is InChI=1S/C9H10NO3.La/c1-5-4-10(3)9(13)7(6(2)11)8(5)12;/h12H,1-3H3;/q-1;. The van der Waals surface area contributed by atoms with Crippen LogP contribution in [-0.2, 0) is 7.05 Å². The number of ketones is 1. The zero-order valence-electron chi connectivity index (χ0n) is 8.29. The summed E-state index contributed by atoms with van der Waals surface area (Å²) in [6.07, 6.45) is 2.60. The first kappa shape index (κ1) is 13.6. The van der Waals surface area contributed by atoms with Gasteiger partial charge >= 0.3 is 0 Å². The SMILES string of the molecule is CC(=O)c1c(O)c(C)[c-]n(C)c1=O.[La]. The predicted octanol–water partition coefficient (Wildman–Crippen LogP) is 0.402. The molecular formula is C9H10LaNO3-. The van der Waals surface area contributed by atoms with Crippen LogP contribution in [0.25, 0.3) is 0 Å². The van der Waals surface area contributed by atoms with Crippen molar-refractivity contribution in [3.05, 3.63) is 27.7 Å². The Kier molecular flexibility index (Phi) is 4.78. The third kappa shape index (κ3) is 2.35. The number of aromatic nitrogens is 1. The number of nitrogens with zero attached hydrogens (tertiary/aromatic N) is 1. The van der Waals surface area contributed by atoms with E-state index in [-0.39, 0.29) is 46.9 Å². The summed E-state index contributed by atoms with van der Waals surface area (Å²) in [4.78, 5) is 22.3. The molecule has 1 aromatic rings. The first-order valence-electron chi connectivity index (χ1n) is 3.78. The third-order valence-electron chi connectivity index (χ3n) is 1.80. The first-order valence-corrected chi connectivity index (χ1v) is 3.78. The van der Waals surface area contributed by atoms with Gasteiger partial charge in [-0.05, 0) is 14.0 Å². The number of carbonyl (C=O) groups is 1. The van der Waals surface area contributed by atoms with Gasteiger partial charge in [0.2, 0.25) is 0 Å². The van der Waals surface area contributed by atoms with Gasteiger partial charge in [0.25, 0.3) is 0 Å². The van der Waals surface area contributed by atoms with Crippen LogP contribution < -0.4 is 5.56 Å². The van der Waals surface area contributed by atoms with E-state index in [1.807, 2.05) is 0 Å². The molecule has 0 aliphatic carbocycles. The second kappa shape index (κ2) is 4.91. The summed E-state index contributed by atoms with van der Waals surface area (Å²) in [5, 5.41) is 9.41. The summed E-state index contributed by atoms with van der Waals surface area (Å²) in [5.74, 6) is -0.703. The van der Waals surface area contributed by atoms with E-state index in [2.05, 4.69) is 6.20 Å². The van der Waals surface area contributed by atoms with E-state index in [0.29, 0.717) is 5.56 Å². The summed E-state index contributed by atoms with van der Waals surface area (Å²) in [7, 11) is 1.49. The summed E-state index contributed by atoms with van der Waals surface area (Å²) in [5.41, 5.74) is -0.290. The zero-order chi connectivity index (χ0) is 10.2. The van der Waals surface area contributed by atoms with Crippen molar-refractivity contribution in [3.8, 4) is 5.75 Å². The molecule has 1 heterocycles. The molecule has 5 heteroatoms. The van der Waals surface area contributed by atoms with Gasteiger partial charge in [-0.25, -0.2) is 0 Å². The van der Waals surface area contributed by atoms with Crippen LogP contribution in [0.15, 0.2) is 4.79 Å². The molecule has 0 saturated heterocycles. The van der Waals surface area contributed by atoms with Crippen molar-refractivity contribution < 1.29 is 45.5 Å². The number of Topliss-reactive ketones (excluding diaryl/α,β-unsaturated/α-hetero) is 1. The second-order valence-electron chi connectivity index (χ2n) is 2.88. The van der Waals surface area contributed by atoms with Crippen molar-refractivity contribution in [1.82, 2.24) is 4.57 Å². The Labute approximate surface area is 110 Å². The fraction of sp³-hybridized carbons (Fsp3) is 0.333. The van der Waals surface area contributed by atoms with Crippen molar-refractivity contribution in [2.45, 2.75) is 13.8 Å². The van der Waals surface area contributed by atoms with Crippen molar-refractivity contribution in [2.24, 2.45) is 7.05 Å². The fourth-order valence-corrected chi connectivity index (χ4v) is 1.13. The topological polar surface area (TPSA) is 59.3 Å². The van der Waals surface area contributed by atoms with Crippen LogP contribution in [0, 0.1) is 48.7 Å².